The molecule has 1 spiro atoms. The maximum atomic E-state index is 12.6. The highest BCUT2D eigenvalue weighted by Gasteiger charge is 2.85. The molecule has 0 bridgehead atoms. The number of fused-ring (bicyclic) bond motifs is 6. The summed E-state index contributed by atoms with van der Waals surface area (Å²) in [5, 5.41) is 21.9. The molecule has 0 radical (unpaired) electrons. The van der Waals surface area contributed by atoms with Gasteiger partial charge in [0.2, 0.25) is 5.91 Å². The van der Waals surface area contributed by atoms with Crippen molar-refractivity contribution in [1.82, 2.24) is 5.32 Å². The Hall–Kier alpha value is -1.92. The highest BCUT2D eigenvalue weighted by atomic mass is 16.4. The van der Waals surface area contributed by atoms with E-state index in [0.717, 1.165) is 6.42 Å². The molecular formula is C21H29NO6. The van der Waals surface area contributed by atoms with Gasteiger partial charge in [-0.25, -0.2) is 0 Å². The molecular weight excluding hydrogens is 362 g/mol. The number of rotatable bonds is 6. The van der Waals surface area contributed by atoms with Gasteiger partial charge in [-0.1, -0.05) is 6.92 Å². The van der Waals surface area contributed by atoms with Crippen molar-refractivity contribution < 1.29 is 29.4 Å². The van der Waals surface area contributed by atoms with Crippen LogP contribution in [0.4, 0.5) is 0 Å². The Morgan fingerprint density at radius 2 is 1.25 bits per heavy atom. The lowest BCUT2D eigenvalue weighted by molar-refractivity contribution is -0.149. The molecule has 7 nitrogen and oxygen atoms in total. The van der Waals surface area contributed by atoms with E-state index in [2.05, 4.69) is 5.32 Å². The van der Waals surface area contributed by atoms with Crippen LogP contribution in [-0.4, -0.2) is 40.9 Å². The third kappa shape index (κ3) is 2.54. The summed E-state index contributed by atoms with van der Waals surface area (Å²) in [6, 6.07) is 0. The summed E-state index contributed by atoms with van der Waals surface area (Å²) in [6.07, 6.45) is 3.35. The zero-order valence-electron chi connectivity index (χ0n) is 16.4. The van der Waals surface area contributed by atoms with Gasteiger partial charge in [0.1, 0.15) is 5.78 Å². The topological polar surface area (TPSA) is 121 Å². The van der Waals surface area contributed by atoms with Crippen molar-refractivity contribution in [3.63, 3.8) is 0 Å². The molecule has 9 atom stereocenters. The molecule has 0 aliphatic heterocycles. The molecule has 0 heterocycles. The van der Waals surface area contributed by atoms with Crippen LogP contribution in [-0.2, 0) is 19.2 Å². The second-order valence-corrected chi connectivity index (χ2v) is 9.30. The molecule has 4 aliphatic carbocycles. The number of ketones is 1. The van der Waals surface area contributed by atoms with Crippen LogP contribution in [0.3, 0.4) is 0 Å². The number of aliphatic carboxylic acids is 2. The van der Waals surface area contributed by atoms with Gasteiger partial charge in [0.05, 0.1) is 17.8 Å². The lowest BCUT2D eigenvalue weighted by Gasteiger charge is -2.26. The van der Waals surface area contributed by atoms with Crippen molar-refractivity contribution in [3.8, 4) is 0 Å². The molecule has 4 aliphatic rings. The second-order valence-electron chi connectivity index (χ2n) is 9.30. The summed E-state index contributed by atoms with van der Waals surface area (Å²) < 4.78 is 0. The van der Waals surface area contributed by atoms with Crippen LogP contribution in [0.2, 0.25) is 0 Å². The van der Waals surface area contributed by atoms with Gasteiger partial charge in [-0.15, -0.1) is 0 Å². The van der Waals surface area contributed by atoms with Crippen LogP contribution in [0, 0.1) is 52.8 Å². The standard InChI is InChI=1S/C21H29NO6/c1-3-4-17(23)9-5-13-15(7-11(9)19(25)26)21(13)14-6-10(18(24)22-2)12(20(27)28)8-16(14)21/h9-16H,3-8H2,1-2H3,(H,22,24)(H,25,26)(H,27,28). The van der Waals surface area contributed by atoms with Crippen molar-refractivity contribution in [2.75, 3.05) is 7.05 Å². The van der Waals surface area contributed by atoms with E-state index in [1.165, 1.54) is 7.05 Å². The maximum Gasteiger partial charge on any atom is 0.307 e. The minimum atomic E-state index is -0.919. The van der Waals surface area contributed by atoms with Gasteiger partial charge in [0.25, 0.3) is 0 Å². The van der Waals surface area contributed by atoms with E-state index in [1.807, 2.05) is 6.92 Å². The average Bonchev–Trinajstić information content (AvgIpc) is 3.53. The summed E-state index contributed by atoms with van der Waals surface area (Å²) in [4.78, 5) is 48.4. The molecule has 0 aromatic carbocycles. The van der Waals surface area contributed by atoms with Crippen LogP contribution in [0.5, 0.6) is 0 Å². The Bertz CT molecular complexity index is 734. The number of hydrogen-bond acceptors (Lipinski definition) is 4. The fraction of sp³-hybridized carbons (Fsp3) is 0.810. The Morgan fingerprint density at radius 1 is 0.821 bits per heavy atom. The van der Waals surface area contributed by atoms with Crippen LogP contribution in [0.25, 0.3) is 0 Å². The molecule has 0 saturated heterocycles. The predicted octanol–water partition coefficient (Wildman–Crippen LogP) is 1.80. The molecule has 1 amide bonds. The first-order valence-electron chi connectivity index (χ1n) is 10.5. The first-order chi connectivity index (χ1) is 13.3. The molecule has 9 unspecified atom stereocenters. The van der Waals surface area contributed by atoms with Gasteiger partial charge in [0.15, 0.2) is 0 Å². The first kappa shape index (κ1) is 19.4. The number of hydrogen-bond donors (Lipinski definition) is 3. The number of carboxylic acid groups (broad SMARTS) is 2. The summed E-state index contributed by atoms with van der Waals surface area (Å²) in [5.74, 6) is -3.01. The van der Waals surface area contributed by atoms with Crippen LogP contribution in [0.1, 0.15) is 45.4 Å². The Morgan fingerprint density at radius 3 is 1.68 bits per heavy atom. The largest absolute Gasteiger partial charge is 0.481 e. The number of carbonyl (C=O) groups is 4. The quantitative estimate of drug-likeness (QED) is 0.635. The summed E-state index contributed by atoms with van der Waals surface area (Å²) in [6.45, 7) is 1.93. The number of Topliss-reactive ketones (excluding diaryl/α,β-unsaturated/α-hetero) is 1. The molecule has 4 fully saturated rings. The minimum absolute atomic E-state index is 0.00852. The first-order valence-corrected chi connectivity index (χ1v) is 10.5. The highest BCUT2D eigenvalue weighted by molar-refractivity contribution is 5.87. The number of amides is 1. The van der Waals surface area contributed by atoms with Crippen molar-refractivity contribution in [2.24, 2.45) is 52.8 Å². The minimum Gasteiger partial charge on any atom is -0.481 e. The van der Waals surface area contributed by atoms with E-state index < -0.39 is 35.6 Å². The second kappa shape index (κ2) is 6.56. The van der Waals surface area contributed by atoms with Crippen molar-refractivity contribution in [2.45, 2.75) is 45.4 Å². The monoisotopic (exact) mass is 391 g/mol. The Kier molecular flexibility index (Phi) is 4.55. The maximum absolute atomic E-state index is 12.6. The molecule has 0 aromatic rings. The third-order valence-corrected chi connectivity index (χ3v) is 8.45. The van der Waals surface area contributed by atoms with Gasteiger partial charge in [-0.2, -0.15) is 0 Å². The Labute approximate surface area is 164 Å². The van der Waals surface area contributed by atoms with E-state index in [-0.39, 0.29) is 28.9 Å². The van der Waals surface area contributed by atoms with Gasteiger partial charge < -0.3 is 15.5 Å². The average molecular weight is 391 g/mol. The van der Waals surface area contributed by atoms with E-state index in [9.17, 15) is 29.4 Å². The van der Waals surface area contributed by atoms with Crippen LogP contribution >= 0.6 is 0 Å². The van der Waals surface area contributed by atoms with E-state index in [4.69, 9.17) is 0 Å². The van der Waals surface area contributed by atoms with Gasteiger partial charge in [0, 0.05) is 19.4 Å². The van der Waals surface area contributed by atoms with E-state index in [1.54, 1.807) is 0 Å². The van der Waals surface area contributed by atoms with E-state index >= 15 is 0 Å². The summed E-state index contributed by atoms with van der Waals surface area (Å²) in [7, 11) is 1.54. The Balaban J connectivity index is 1.55. The molecule has 0 aromatic heterocycles. The highest BCUT2D eigenvalue weighted by Crippen LogP contribution is 2.88. The summed E-state index contributed by atoms with van der Waals surface area (Å²) in [5.41, 5.74) is -0.00852. The van der Waals surface area contributed by atoms with Gasteiger partial charge >= 0.3 is 11.9 Å². The molecule has 28 heavy (non-hydrogen) atoms. The molecule has 7 heteroatoms. The normalized spacial score (nSPS) is 45.5. The van der Waals surface area contributed by atoms with Crippen molar-refractivity contribution >= 4 is 23.6 Å². The van der Waals surface area contributed by atoms with Crippen molar-refractivity contribution in [1.29, 1.82) is 0 Å². The lowest BCUT2D eigenvalue weighted by atomic mass is 9.76. The number of nitrogens with one attached hydrogen (secondary N) is 1. The smallest absolute Gasteiger partial charge is 0.307 e. The molecule has 4 rings (SSSR count). The number of carboxylic acids is 2. The van der Waals surface area contributed by atoms with Crippen LogP contribution in [0.15, 0.2) is 0 Å². The fourth-order valence-electron chi connectivity index (χ4n) is 7.31. The van der Waals surface area contributed by atoms with Crippen molar-refractivity contribution in [3.05, 3.63) is 0 Å². The fourth-order valence-corrected chi connectivity index (χ4v) is 7.31. The van der Waals surface area contributed by atoms with Gasteiger partial charge in [-0.05, 0) is 61.2 Å². The molecule has 4 saturated carbocycles. The number of carbonyl (C=O) groups excluding carboxylic acids is 2. The summed E-state index contributed by atoms with van der Waals surface area (Å²) >= 11 is 0. The SMILES string of the molecule is CCCC(=O)C1CC2C(CC1C(=O)O)C21C2CC(C(=O)O)C(C(=O)NC)CC21. The molecule has 3 N–H and O–H groups in total. The molecule has 154 valence electrons. The van der Waals surface area contributed by atoms with Gasteiger partial charge in [-0.3, -0.25) is 19.2 Å². The zero-order valence-corrected chi connectivity index (χ0v) is 16.4. The zero-order chi connectivity index (χ0) is 20.4. The van der Waals surface area contributed by atoms with E-state index in [0.29, 0.717) is 43.9 Å². The van der Waals surface area contributed by atoms with Crippen LogP contribution < -0.4 is 5.32 Å². The lowest BCUT2D eigenvalue weighted by Crippen LogP contribution is -2.38. The third-order valence-electron chi connectivity index (χ3n) is 8.45. The predicted molar refractivity (Wildman–Crippen MR) is 98.1 cm³/mol.